The Labute approximate surface area is 124 Å². The number of carbonyl (C=O) groups is 2. The van der Waals surface area contributed by atoms with Gasteiger partial charge in [0.1, 0.15) is 5.75 Å². The predicted octanol–water partition coefficient (Wildman–Crippen LogP) is 1.26. The molecule has 0 aliphatic rings. The first-order valence-electron chi connectivity index (χ1n) is 6.88. The fourth-order valence-electron chi connectivity index (χ4n) is 1.65. The number of ether oxygens (including phenoxy) is 2. The summed E-state index contributed by atoms with van der Waals surface area (Å²) in [5.74, 6) is -0.0681. The van der Waals surface area contributed by atoms with Crippen LogP contribution in [-0.4, -0.2) is 31.6 Å². The van der Waals surface area contributed by atoms with E-state index in [4.69, 9.17) is 9.47 Å². The van der Waals surface area contributed by atoms with Crippen LogP contribution in [0.1, 0.15) is 24.5 Å². The minimum absolute atomic E-state index is 0.157. The third kappa shape index (κ3) is 6.76. The molecule has 0 saturated carbocycles. The fourth-order valence-corrected chi connectivity index (χ4v) is 1.65. The molecule has 0 heterocycles. The molecule has 21 heavy (non-hydrogen) atoms. The zero-order valence-electron chi connectivity index (χ0n) is 12.7. The highest BCUT2D eigenvalue weighted by molar-refractivity contribution is 5.82. The molecule has 6 nitrogen and oxygen atoms in total. The topological polar surface area (TPSA) is 76.7 Å². The van der Waals surface area contributed by atoms with E-state index in [2.05, 4.69) is 10.9 Å². The molecule has 2 amide bonds. The van der Waals surface area contributed by atoms with Crippen LogP contribution >= 0.6 is 0 Å². The highest BCUT2D eigenvalue weighted by Crippen LogP contribution is 2.18. The zero-order chi connectivity index (χ0) is 15.7. The average Bonchev–Trinajstić information content (AvgIpc) is 2.44. The summed E-state index contributed by atoms with van der Waals surface area (Å²) in [4.78, 5) is 22.9. The lowest BCUT2D eigenvalue weighted by Crippen LogP contribution is -2.44. The lowest BCUT2D eigenvalue weighted by molar-refractivity contribution is -0.130. The zero-order valence-corrected chi connectivity index (χ0v) is 12.7. The van der Waals surface area contributed by atoms with Crippen molar-refractivity contribution in [1.29, 1.82) is 0 Å². The molecule has 0 aromatic heterocycles. The van der Waals surface area contributed by atoms with Gasteiger partial charge in [0.15, 0.2) is 6.61 Å². The van der Waals surface area contributed by atoms with Crippen LogP contribution in [0.2, 0.25) is 0 Å². The molecule has 2 N–H and O–H groups in total. The Kier molecular flexibility index (Phi) is 7.25. The Morgan fingerprint density at radius 3 is 2.52 bits per heavy atom. The summed E-state index contributed by atoms with van der Waals surface area (Å²) in [6.07, 6.45) is 0.200. The van der Waals surface area contributed by atoms with Crippen molar-refractivity contribution in [1.82, 2.24) is 10.9 Å². The van der Waals surface area contributed by atoms with Gasteiger partial charge in [-0.3, -0.25) is 20.4 Å². The Morgan fingerprint density at radius 1 is 1.14 bits per heavy atom. The second-order valence-electron chi connectivity index (χ2n) is 4.60. The Balaban J connectivity index is 2.26. The summed E-state index contributed by atoms with van der Waals surface area (Å²) in [6, 6.07) is 5.71. The van der Waals surface area contributed by atoms with Gasteiger partial charge in [0, 0.05) is 6.61 Å². The maximum atomic E-state index is 11.5. The third-order valence-corrected chi connectivity index (χ3v) is 2.71. The Bertz CT molecular complexity index is 489. The molecule has 0 fully saturated rings. The van der Waals surface area contributed by atoms with Crippen LogP contribution in [0.5, 0.6) is 5.75 Å². The molecule has 0 spiro atoms. The van der Waals surface area contributed by atoms with Crippen molar-refractivity contribution in [2.24, 2.45) is 0 Å². The second-order valence-corrected chi connectivity index (χ2v) is 4.60. The summed E-state index contributed by atoms with van der Waals surface area (Å²) in [5.41, 5.74) is 6.69. The summed E-state index contributed by atoms with van der Waals surface area (Å²) in [7, 11) is 0. The summed E-state index contributed by atoms with van der Waals surface area (Å²) >= 11 is 0. The van der Waals surface area contributed by atoms with Gasteiger partial charge in [-0.05, 0) is 32.4 Å². The molecule has 0 unspecified atom stereocenters. The van der Waals surface area contributed by atoms with Crippen molar-refractivity contribution in [3.8, 4) is 5.75 Å². The molecule has 1 aromatic carbocycles. The predicted molar refractivity (Wildman–Crippen MR) is 78.8 cm³/mol. The van der Waals surface area contributed by atoms with E-state index in [1.54, 1.807) is 0 Å². The average molecular weight is 294 g/mol. The number of amides is 2. The van der Waals surface area contributed by atoms with Crippen molar-refractivity contribution in [3.05, 3.63) is 29.3 Å². The largest absolute Gasteiger partial charge is 0.483 e. The molecular weight excluding hydrogens is 272 g/mol. The molecule has 0 aliphatic carbocycles. The number of hydrogen-bond acceptors (Lipinski definition) is 4. The number of hydrazine groups is 1. The minimum Gasteiger partial charge on any atom is -0.483 e. The lowest BCUT2D eigenvalue weighted by atomic mass is 10.1. The molecule has 0 saturated heterocycles. The summed E-state index contributed by atoms with van der Waals surface area (Å²) in [5, 5.41) is 0. The van der Waals surface area contributed by atoms with Crippen molar-refractivity contribution in [2.75, 3.05) is 19.8 Å². The minimum atomic E-state index is -0.417. The Morgan fingerprint density at radius 2 is 1.86 bits per heavy atom. The Hall–Kier alpha value is -2.08. The van der Waals surface area contributed by atoms with E-state index >= 15 is 0 Å². The van der Waals surface area contributed by atoms with Gasteiger partial charge in [-0.2, -0.15) is 0 Å². The van der Waals surface area contributed by atoms with Crippen LogP contribution in [0.25, 0.3) is 0 Å². The first-order valence-corrected chi connectivity index (χ1v) is 6.88. The summed E-state index contributed by atoms with van der Waals surface area (Å²) in [6.45, 7) is 6.48. The van der Waals surface area contributed by atoms with Crippen molar-refractivity contribution < 1.29 is 19.1 Å². The van der Waals surface area contributed by atoms with Crippen molar-refractivity contribution in [2.45, 2.75) is 27.2 Å². The van der Waals surface area contributed by atoms with E-state index in [9.17, 15) is 9.59 Å². The van der Waals surface area contributed by atoms with E-state index in [0.717, 1.165) is 11.1 Å². The molecule has 0 atom stereocenters. The van der Waals surface area contributed by atoms with Crippen LogP contribution in [0.15, 0.2) is 18.2 Å². The van der Waals surface area contributed by atoms with Gasteiger partial charge in [-0.25, -0.2) is 0 Å². The van der Waals surface area contributed by atoms with Gasteiger partial charge in [0.25, 0.3) is 5.91 Å². The van der Waals surface area contributed by atoms with E-state index in [-0.39, 0.29) is 18.9 Å². The number of aryl methyl sites for hydroxylation is 2. The standard InChI is InChI=1S/C15H22N2O4/c1-4-20-8-7-14(18)16-17-15(19)10-21-13-6-5-11(2)9-12(13)3/h5-6,9H,4,7-8,10H2,1-3H3,(H,16,18)(H,17,19). The van der Waals surface area contributed by atoms with Crippen LogP contribution in [0, 0.1) is 13.8 Å². The van der Waals surface area contributed by atoms with Crippen LogP contribution in [0.3, 0.4) is 0 Å². The van der Waals surface area contributed by atoms with Gasteiger partial charge in [0.2, 0.25) is 5.91 Å². The number of nitrogens with one attached hydrogen (secondary N) is 2. The van der Waals surface area contributed by atoms with E-state index in [1.165, 1.54) is 0 Å². The smallest absolute Gasteiger partial charge is 0.276 e. The number of carbonyl (C=O) groups excluding carboxylic acids is 2. The lowest BCUT2D eigenvalue weighted by Gasteiger charge is -2.10. The van der Waals surface area contributed by atoms with Crippen LogP contribution in [-0.2, 0) is 14.3 Å². The molecule has 0 radical (unpaired) electrons. The highest BCUT2D eigenvalue weighted by atomic mass is 16.5. The quantitative estimate of drug-likeness (QED) is 0.586. The van der Waals surface area contributed by atoms with Crippen molar-refractivity contribution >= 4 is 11.8 Å². The van der Waals surface area contributed by atoms with E-state index in [1.807, 2.05) is 39.0 Å². The molecule has 116 valence electrons. The molecule has 0 bridgehead atoms. The monoisotopic (exact) mass is 294 g/mol. The first-order chi connectivity index (χ1) is 10.0. The van der Waals surface area contributed by atoms with Crippen LogP contribution < -0.4 is 15.6 Å². The molecule has 1 aromatic rings. The van der Waals surface area contributed by atoms with E-state index < -0.39 is 5.91 Å². The van der Waals surface area contributed by atoms with E-state index in [0.29, 0.717) is 19.0 Å². The summed E-state index contributed by atoms with van der Waals surface area (Å²) < 4.78 is 10.4. The highest BCUT2D eigenvalue weighted by Gasteiger charge is 2.06. The van der Waals surface area contributed by atoms with Crippen LogP contribution in [0.4, 0.5) is 0 Å². The van der Waals surface area contributed by atoms with Gasteiger partial charge in [-0.1, -0.05) is 17.7 Å². The normalized spacial score (nSPS) is 10.0. The third-order valence-electron chi connectivity index (χ3n) is 2.71. The first kappa shape index (κ1) is 17.0. The molecule has 0 aliphatic heterocycles. The van der Waals surface area contributed by atoms with Gasteiger partial charge in [0.05, 0.1) is 13.0 Å². The maximum Gasteiger partial charge on any atom is 0.276 e. The number of benzene rings is 1. The SMILES string of the molecule is CCOCCC(=O)NNC(=O)COc1ccc(C)cc1C. The maximum absolute atomic E-state index is 11.5. The molecule has 6 heteroatoms. The second kappa shape index (κ2) is 8.97. The molecule has 1 rings (SSSR count). The fraction of sp³-hybridized carbons (Fsp3) is 0.467. The number of rotatable bonds is 7. The van der Waals surface area contributed by atoms with Gasteiger partial charge < -0.3 is 9.47 Å². The van der Waals surface area contributed by atoms with Gasteiger partial charge >= 0.3 is 0 Å². The van der Waals surface area contributed by atoms with Gasteiger partial charge in [-0.15, -0.1) is 0 Å². The van der Waals surface area contributed by atoms with Crippen molar-refractivity contribution in [3.63, 3.8) is 0 Å². The number of hydrogen-bond donors (Lipinski definition) is 2. The molecular formula is C15H22N2O4.